The third-order valence-corrected chi connectivity index (χ3v) is 6.40. The van der Waals surface area contributed by atoms with Gasteiger partial charge >= 0.3 is 0 Å². The highest BCUT2D eigenvalue weighted by Gasteiger charge is 2.35. The van der Waals surface area contributed by atoms with Gasteiger partial charge in [0.15, 0.2) is 0 Å². The lowest BCUT2D eigenvalue weighted by atomic mass is 10.1. The molecule has 176 valence electrons. The van der Waals surface area contributed by atoms with Crippen LogP contribution in [-0.2, 0) is 6.42 Å². The number of benzene rings is 3. The molecular formula is C27H22ClN3O4. The van der Waals surface area contributed by atoms with Crippen molar-refractivity contribution in [1.82, 2.24) is 10.2 Å². The predicted octanol–water partition coefficient (Wildman–Crippen LogP) is 4.32. The topological polar surface area (TPSA) is 95.6 Å². The molecule has 0 aromatic heterocycles. The summed E-state index contributed by atoms with van der Waals surface area (Å²) >= 11 is 6.26. The number of carbonyl (C=O) groups is 4. The normalized spacial score (nSPS) is 14.6. The van der Waals surface area contributed by atoms with Crippen molar-refractivity contribution >= 4 is 40.9 Å². The second kappa shape index (κ2) is 9.35. The van der Waals surface area contributed by atoms with Crippen LogP contribution in [0.2, 0.25) is 5.02 Å². The van der Waals surface area contributed by atoms with Gasteiger partial charge in [0, 0.05) is 23.8 Å². The lowest BCUT2D eigenvalue weighted by Crippen LogP contribution is -2.31. The van der Waals surface area contributed by atoms with Gasteiger partial charge in [-0.1, -0.05) is 41.9 Å². The zero-order valence-corrected chi connectivity index (χ0v) is 19.5. The van der Waals surface area contributed by atoms with Crippen LogP contribution in [0.1, 0.15) is 59.8 Å². The SMILES string of the molecule is O=C(Nc1ccc(C(=O)NC2CC2)c(Cl)c1)c1ccc2c(c1)C(=O)N(CCc1ccccc1)C2=O. The number of imide groups is 1. The molecule has 3 aromatic rings. The molecule has 0 unspecified atom stereocenters. The fourth-order valence-corrected chi connectivity index (χ4v) is 4.26. The lowest BCUT2D eigenvalue weighted by Gasteiger charge is -2.13. The molecule has 1 aliphatic carbocycles. The van der Waals surface area contributed by atoms with Gasteiger partial charge in [0.25, 0.3) is 23.6 Å². The maximum absolute atomic E-state index is 12.9. The van der Waals surface area contributed by atoms with E-state index in [0.29, 0.717) is 17.7 Å². The molecule has 3 aromatic carbocycles. The number of rotatable bonds is 7. The minimum absolute atomic E-state index is 0.209. The van der Waals surface area contributed by atoms with Gasteiger partial charge in [0.05, 0.1) is 21.7 Å². The summed E-state index contributed by atoms with van der Waals surface area (Å²) in [5.41, 5.74) is 2.51. The summed E-state index contributed by atoms with van der Waals surface area (Å²) in [7, 11) is 0. The average Bonchev–Trinajstić information content (AvgIpc) is 3.64. The van der Waals surface area contributed by atoms with Gasteiger partial charge in [-0.05, 0) is 61.2 Å². The largest absolute Gasteiger partial charge is 0.349 e. The van der Waals surface area contributed by atoms with Crippen LogP contribution in [0.5, 0.6) is 0 Å². The number of hydrogen-bond acceptors (Lipinski definition) is 4. The maximum Gasteiger partial charge on any atom is 0.261 e. The Hall–Kier alpha value is -3.97. The molecule has 2 aliphatic rings. The van der Waals surface area contributed by atoms with Crippen LogP contribution >= 0.6 is 11.6 Å². The molecule has 0 spiro atoms. The Labute approximate surface area is 207 Å². The van der Waals surface area contributed by atoms with E-state index in [9.17, 15) is 19.2 Å². The monoisotopic (exact) mass is 487 g/mol. The highest BCUT2D eigenvalue weighted by atomic mass is 35.5. The summed E-state index contributed by atoms with van der Waals surface area (Å²) in [5.74, 6) is -1.47. The Morgan fingerprint density at radius 1 is 0.886 bits per heavy atom. The predicted molar refractivity (Wildman–Crippen MR) is 132 cm³/mol. The molecule has 1 aliphatic heterocycles. The molecule has 2 N–H and O–H groups in total. The van der Waals surface area contributed by atoms with E-state index in [1.54, 1.807) is 12.1 Å². The van der Waals surface area contributed by atoms with Crippen LogP contribution in [0.25, 0.3) is 0 Å². The Balaban J connectivity index is 1.27. The summed E-state index contributed by atoms with van der Waals surface area (Å²) in [6.45, 7) is 0.261. The molecule has 1 fully saturated rings. The van der Waals surface area contributed by atoms with E-state index in [0.717, 1.165) is 18.4 Å². The Morgan fingerprint density at radius 3 is 2.34 bits per heavy atom. The highest BCUT2D eigenvalue weighted by Crippen LogP contribution is 2.26. The molecule has 0 radical (unpaired) electrons. The van der Waals surface area contributed by atoms with Gasteiger partial charge in [-0.2, -0.15) is 0 Å². The van der Waals surface area contributed by atoms with E-state index in [4.69, 9.17) is 11.6 Å². The van der Waals surface area contributed by atoms with E-state index in [1.165, 1.54) is 29.2 Å². The van der Waals surface area contributed by atoms with Gasteiger partial charge in [0.2, 0.25) is 0 Å². The van der Waals surface area contributed by atoms with Crippen LogP contribution < -0.4 is 10.6 Å². The third kappa shape index (κ3) is 4.81. The molecule has 5 rings (SSSR count). The number of carbonyl (C=O) groups excluding carboxylic acids is 4. The molecule has 35 heavy (non-hydrogen) atoms. The minimum Gasteiger partial charge on any atom is -0.349 e. The summed E-state index contributed by atoms with van der Waals surface area (Å²) in [5, 5.41) is 5.83. The van der Waals surface area contributed by atoms with Gasteiger partial charge in [0.1, 0.15) is 0 Å². The quantitative estimate of drug-likeness (QED) is 0.485. The van der Waals surface area contributed by atoms with E-state index >= 15 is 0 Å². The standard InChI is InChI=1S/C27H22ClN3O4/c28-23-15-19(9-11-21(23)25(33)29-18-7-8-18)30-24(32)17-6-10-20-22(14-17)27(35)31(26(20)34)13-12-16-4-2-1-3-5-16/h1-6,9-11,14-15,18H,7-8,12-13H2,(H,29,33)(H,30,32). The third-order valence-electron chi connectivity index (χ3n) is 6.08. The van der Waals surface area contributed by atoms with Crippen molar-refractivity contribution in [3.8, 4) is 0 Å². The molecule has 8 heteroatoms. The van der Waals surface area contributed by atoms with Crippen molar-refractivity contribution in [2.75, 3.05) is 11.9 Å². The van der Waals surface area contributed by atoms with E-state index in [2.05, 4.69) is 10.6 Å². The Morgan fingerprint density at radius 2 is 1.63 bits per heavy atom. The number of fused-ring (bicyclic) bond motifs is 1. The van der Waals surface area contributed by atoms with Crippen molar-refractivity contribution in [3.63, 3.8) is 0 Å². The molecule has 1 saturated carbocycles. The molecule has 0 saturated heterocycles. The first-order valence-corrected chi connectivity index (χ1v) is 11.7. The molecule has 1 heterocycles. The fourth-order valence-electron chi connectivity index (χ4n) is 3.99. The number of nitrogens with one attached hydrogen (secondary N) is 2. The highest BCUT2D eigenvalue weighted by molar-refractivity contribution is 6.34. The summed E-state index contributed by atoms with van der Waals surface area (Å²) in [6.07, 6.45) is 2.49. The second-order valence-corrected chi connectivity index (χ2v) is 9.06. The fraction of sp³-hybridized carbons (Fsp3) is 0.185. The number of anilines is 1. The van der Waals surface area contributed by atoms with Crippen LogP contribution in [0.15, 0.2) is 66.7 Å². The van der Waals surface area contributed by atoms with Crippen LogP contribution in [0.3, 0.4) is 0 Å². The Kier molecular flexibility index (Phi) is 6.09. The molecule has 7 nitrogen and oxygen atoms in total. The van der Waals surface area contributed by atoms with Crippen molar-refractivity contribution in [2.24, 2.45) is 0 Å². The molecule has 0 bridgehead atoms. The minimum atomic E-state index is -0.456. The van der Waals surface area contributed by atoms with Gasteiger partial charge < -0.3 is 10.6 Å². The lowest BCUT2D eigenvalue weighted by molar-refractivity contribution is 0.0655. The zero-order valence-electron chi connectivity index (χ0n) is 18.7. The number of hydrogen-bond donors (Lipinski definition) is 2. The maximum atomic E-state index is 12.9. The first-order chi connectivity index (χ1) is 16.9. The number of amides is 4. The van der Waals surface area contributed by atoms with Gasteiger partial charge in [-0.25, -0.2) is 0 Å². The first-order valence-electron chi connectivity index (χ1n) is 11.4. The average molecular weight is 488 g/mol. The molecular weight excluding hydrogens is 466 g/mol. The summed E-state index contributed by atoms with van der Waals surface area (Å²) in [4.78, 5) is 52.0. The molecule has 4 amide bonds. The van der Waals surface area contributed by atoms with Crippen LogP contribution in [0.4, 0.5) is 5.69 Å². The van der Waals surface area contributed by atoms with Crippen molar-refractivity contribution < 1.29 is 19.2 Å². The van der Waals surface area contributed by atoms with E-state index < -0.39 is 11.8 Å². The smallest absolute Gasteiger partial charge is 0.261 e. The van der Waals surface area contributed by atoms with Crippen molar-refractivity contribution in [3.05, 3.63) is 99.6 Å². The first kappa shape index (κ1) is 22.8. The van der Waals surface area contributed by atoms with Crippen LogP contribution in [0, 0.1) is 0 Å². The van der Waals surface area contributed by atoms with Crippen LogP contribution in [-0.4, -0.2) is 41.1 Å². The number of halogens is 1. The Bertz CT molecular complexity index is 1350. The summed E-state index contributed by atoms with van der Waals surface area (Å²) in [6, 6.07) is 18.9. The van der Waals surface area contributed by atoms with Crippen molar-refractivity contribution in [2.45, 2.75) is 25.3 Å². The zero-order chi connectivity index (χ0) is 24.5. The van der Waals surface area contributed by atoms with Gasteiger partial charge in [-0.3, -0.25) is 24.1 Å². The van der Waals surface area contributed by atoms with Crippen molar-refractivity contribution in [1.29, 1.82) is 0 Å². The molecule has 0 atom stereocenters. The summed E-state index contributed by atoms with van der Waals surface area (Å²) < 4.78 is 0. The second-order valence-electron chi connectivity index (χ2n) is 8.65. The van der Waals surface area contributed by atoms with E-state index in [1.807, 2.05) is 30.3 Å². The van der Waals surface area contributed by atoms with Gasteiger partial charge in [-0.15, -0.1) is 0 Å². The van der Waals surface area contributed by atoms with E-state index in [-0.39, 0.29) is 46.1 Å². The number of nitrogens with zero attached hydrogens (tertiary/aromatic N) is 1.